The Bertz CT molecular complexity index is 698. The van der Waals surface area contributed by atoms with E-state index in [0.29, 0.717) is 10.6 Å². The van der Waals surface area contributed by atoms with Crippen LogP contribution in [-0.4, -0.2) is 5.78 Å². The smallest absolute Gasteiger partial charge is 0.166 e. The SMILES string of the molecule is CC(C)C(=O)c1ccccc1Cl.CC1=Cc2ccccc2C1. The molecule has 0 saturated heterocycles. The average molecular weight is 313 g/mol. The van der Waals surface area contributed by atoms with Crippen LogP contribution >= 0.6 is 11.6 Å². The molecule has 2 aromatic carbocycles. The lowest BCUT2D eigenvalue weighted by molar-refractivity contribution is 0.0939. The first-order chi connectivity index (χ1) is 10.5. The van der Waals surface area contributed by atoms with Crippen LogP contribution in [0.15, 0.2) is 54.1 Å². The molecule has 1 aliphatic carbocycles. The van der Waals surface area contributed by atoms with Crippen molar-refractivity contribution in [2.24, 2.45) is 5.92 Å². The summed E-state index contributed by atoms with van der Waals surface area (Å²) in [7, 11) is 0. The van der Waals surface area contributed by atoms with E-state index in [2.05, 4.69) is 37.3 Å². The molecule has 22 heavy (non-hydrogen) atoms. The van der Waals surface area contributed by atoms with E-state index in [0.717, 1.165) is 6.42 Å². The Kier molecular flexibility index (Phi) is 5.57. The summed E-state index contributed by atoms with van der Waals surface area (Å²) < 4.78 is 0. The molecule has 0 saturated carbocycles. The van der Waals surface area contributed by atoms with Gasteiger partial charge < -0.3 is 0 Å². The van der Waals surface area contributed by atoms with E-state index < -0.39 is 0 Å². The maximum atomic E-state index is 11.5. The number of hydrogen-bond donors (Lipinski definition) is 0. The second-order valence-electron chi connectivity index (χ2n) is 5.87. The highest BCUT2D eigenvalue weighted by molar-refractivity contribution is 6.34. The molecule has 0 heterocycles. The third-order valence-electron chi connectivity index (χ3n) is 3.59. The summed E-state index contributed by atoms with van der Waals surface area (Å²) in [5.41, 5.74) is 4.97. The molecule has 2 aromatic rings. The zero-order chi connectivity index (χ0) is 16.1. The zero-order valence-electron chi connectivity index (χ0n) is 13.3. The summed E-state index contributed by atoms with van der Waals surface area (Å²) in [6, 6.07) is 15.7. The van der Waals surface area contributed by atoms with Crippen LogP contribution in [0.2, 0.25) is 5.02 Å². The second-order valence-corrected chi connectivity index (χ2v) is 6.27. The Morgan fingerprint density at radius 1 is 1.05 bits per heavy atom. The van der Waals surface area contributed by atoms with Gasteiger partial charge in [-0.3, -0.25) is 4.79 Å². The van der Waals surface area contributed by atoms with Crippen LogP contribution in [0.3, 0.4) is 0 Å². The summed E-state index contributed by atoms with van der Waals surface area (Å²) in [5, 5.41) is 0.538. The predicted molar refractivity (Wildman–Crippen MR) is 94.4 cm³/mol. The number of halogens is 1. The second kappa shape index (κ2) is 7.42. The molecule has 0 fully saturated rings. The molecule has 2 heteroatoms. The van der Waals surface area contributed by atoms with Crippen LogP contribution in [0, 0.1) is 5.92 Å². The van der Waals surface area contributed by atoms with Gasteiger partial charge in [-0.2, -0.15) is 0 Å². The van der Waals surface area contributed by atoms with Crippen LogP contribution in [-0.2, 0) is 6.42 Å². The first-order valence-corrected chi connectivity index (χ1v) is 7.90. The van der Waals surface area contributed by atoms with Crippen LogP contribution in [0.4, 0.5) is 0 Å². The van der Waals surface area contributed by atoms with Crippen LogP contribution in [0.5, 0.6) is 0 Å². The fraction of sp³-hybridized carbons (Fsp3) is 0.250. The maximum absolute atomic E-state index is 11.5. The van der Waals surface area contributed by atoms with Gasteiger partial charge in [0.2, 0.25) is 0 Å². The lowest BCUT2D eigenvalue weighted by Gasteiger charge is -2.04. The van der Waals surface area contributed by atoms with E-state index in [1.807, 2.05) is 26.0 Å². The van der Waals surface area contributed by atoms with Crippen LogP contribution in [0.25, 0.3) is 6.08 Å². The van der Waals surface area contributed by atoms with Gasteiger partial charge in [-0.1, -0.05) is 73.5 Å². The number of ketones is 1. The summed E-state index contributed by atoms with van der Waals surface area (Å²) in [4.78, 5) is 11.5. The topological polar surface area (TPSA) is 17.1 Å². The van der Waals surface area contributed by atoms with Gasteiger partial charge in [0.25, 0.3) is 0 Å². The van der Waals surface area contributed by atoms with Gasteiger partial charge in [-0.25, -0.2) is 0 Å². The predicted octanol–water partition coefficient (Wildman–Crippen LogP) is 5.82. The number of carbonyl (C=O) groups excluding carboxylic acids is 1. The standard InChI is InChI=1S/C10H11ClO.C10H10/c1-7(2)10(12)8-5-3-4-6-9(8)11;1-8-6-9-4-2-3-5-10(9)7-8/h3-7H,1-2H3;2-6H,7H2,1H3. The summed E-state index contributed by atoms with van der Waals surface area (Å²) >= 11 is 5.84. The highest BCUT2D eigenvalue weighted by Crippen LogP contribution is 2.23. The quantitative estimate of drug-likeness (QED) is 0.638. The number of rotatable bonds is 2. The fourth-order valence-electron chi connectivity index (χ4n) is 2.42. The third-order valence-corrected chi connectivity index (χ3v) is 3.92. The van der Waals surface area contributed by atoms with Gasteiger partial charge in [0, 0.05) is 11.5 Å². The zero-order valence-corrected chi connectivity index (χ0v) is 14.0. The minimum atomic E-state index is 0.00454. The number of benzene rings is 2. The number of allylic oxidation sites excluding steroid dienone is 1. The number of Topliss-reactive ketones (excluding diaryl/α,β-unsaturated/α-hetero) is 1. The summed E-state index contributed by atoms with van der Waals surface area (Å²) in [6.45, 7) is 5.91. The van der Waals surface area contributed by atoms with Crippen molar-refractivity contribution in [3.05, 3.63) is 75.8 Å². The van der Waals surface area contributed by atoms with Crippen molar-refractivity contribution in [3.8, 4) is 0 Å². The maximum Gasteiger partial charge on any atom is 0.166 e. The van der Waals surface area contributed by atoms with Gasteiger partial charge in [0.15, 0.2) is 5.78 Å². The molecule has 1 nitrogen and oxygen atoms in total. The highest BCUT2D eigenvalue weighted by Gasteiger charge is 2.12. The number of fused-ring (bicyclic) bond motifs is 1. The summed E-state index contributed by atoms with van der Waals surface area (Å²) in [5.74, 6) is 0.102. The number of hydrogen-bond acceptors (Lipinski definition) is 1. The molecule has 0 spiro atoms. The Hall–Kier alpha value is -1.86. The lowest BCUT2D eigenvalue weighted by Crippen LogP contribution is -2.07. The van der Waals surface area contributed by atoms with E-state index in [4.69, 9.17) is 11.6 Å². The van der Waals surface area contributed by atoms with E-state index in [9.17, 15) is 4.79 Å². The van der Waals surface area contributed by atoms with Gasteiger partial charge in [-0.15, -0.1) is 0 Å². The van der Waals surface area contributed by atoms with Gasteiger partial charge >= 0.3 is 0 Å². The molecular weight excluding hydrogens is 292 g/mol. The first kappa shape index (κ1) is 16.5. The van der Waals surface area contributed by atoms with Gasteiger partial charge in [0.05, 0.1) is 5.02 Å². The molecular formula is C20H21ClO. The Balaban J connectivity index is 0.000000162. The minimum absolute atomic E-state index is 0.00454. The molecule has 0 bridgehead atoms. The monoisotopic (exact) mass is 312 g/mol. The van der Waals surface area contributed by atoms with Crippen LogP contribution in [0.1, 0.15) is 42.3 Å². The largest absolute Gasteiger partial charge is 0.294 e. The van der Waals surface area contributed by atoms with E-state index in [1.54, 1.807) is 12.1 Å². The van der Waals surface area contributed by atoms with E-state index >= 15 is 0 Å². The molecule has 1 aliphatic rings. The Morgan fingerprint density at radius 2 is 1.68 bits per heavy atom. The molecule has 0 unspecified atom stereocenters. The molecule has 114 valence electrons. The molecule has 0 N–H and O–H groups in total. The summed E-state index contributed by atoms with van der Waals surface area (Å²) in [6.07, 6.45) is 3.41. The van der Waals surface area contributed by atoms with Crippen molar-refractivity contribution < 1.29 is 4.79 Å². The van der Waals surface area contributed by atoms with Crippen LogP contribution < -0.4 is 0 Å². The highest BCUT2D eigenvalue weighted by atomic mass is 35.5. The normalized spacial score (nSPS) is 12.3. The van der Waals surface area contributed by atoms with Crippen molar-refractivity contribution in [3.63, 3.8) is 0 Å². The fourth-order valence-corrected chi connectivity index (χ4v) is 2.65. The molecule has 3 rings (SSSR count). The van der Waals surface area contributed by atoms with Crippen molar-refractivity contribution in [2.75, 3.05) is 0 Å². The van der Waals surface area contributed by atoms with Crippen molar-refractivity contribution in [2.45, 2.75) is 27.2 Å². The molecule has 0 amide bonds. The van der Waals surface area contributed by atoms with E-state index in [1.165, 1.54) is 16.7 Å². The molecule has 0 aromatic heterocycles. The molecule has 0 aliphatic heterocycles. The third kappa shape index (κ3) is 4.08. The Morgan fingerprint density at radius 3 is 2.32 bits per heavy atom. The van der Waals surface area contributed by atoms with Crippen molar-refractivity contribution in [1.29, 1.82) is 0 Å². The van der Waals surface area contributed by atoms with E-state index in [-0.39, 0.29) is 11.7 Å². The van der Waals surface area contributed by atoms with Crippen molar-refractivity contribution in [1.82, 2.24) is 0 Å². The minimum Gasteiger partial charge on any atom is -0.294 e. The number of carbonyl (C=O) groups is 1. The average Bonchev–Trinajstić information content (AvgIpc) is 2.87. The molecule has 0 atom stereocenters. The molecule has 0 radical (unpaired) electrons. The Labute approximate surface area is 137 Å². The van der Waals surface area contributed by atoms with Crippen molar-refractivity contribution >= 4 is 23.5 Å². The first-order valence-electron chi connectivity index (χ1n) is 7.53. The lowest BCUT2D eigenvalue weighted by atomic mass is 10.0. The van der Waals surface area contributed by atoms with Gasteiger partial charge in [-0.05, 0) is 36.6 Å². The van der Waals surface area contributed by atoms with Gasteiger partial charge in [0.1, 0.15) is 0 Å².